The molecule has 1 aliphatic rings. The highest BCUT2D eigenvalue weighted by molar-refractivity contribution is 5.88. The summed E-state index contributed by atoms with van der Waals surface area (Å²) in [4.78, 5) is 12.6. The zero-order valence-electron chi connectivity index (χ0n) is 14.7. The Morgan fingerprint density at radius 1 is 1.33 bits per heavy atom. The number of benzene rings is 2. The summed E-state index contributed by atoms with van der Waals surface area (Å²) in [5, 5.41) is 16.5. The fraction of sp³-hybridized carbons (Fsp3) is 0.300. The van der Waals surface area contributed by atoms with Crippen molar-refractivity contribution >= 4 is 16.8 Å². The number of nitrogens with one attached hydrogen (secondary N) is 2. The summed E-state index contributed by atoms with van der Waals surface area (Å²) in [6.07, 6.45) is 2.76. The van der Waals surface area contributed by atoms with Crippen LogP contribution in [0.15, 0.2) is 36.5 Å². The number of nitrogens with zero attached hydrogens (tertiary/aromatic N) is 1. The monoisotopic (exact) mass is 371 g/mol. The highest BCUT2D eigenvalue weighted by Crippen LogP contribution is 2.50. The standard InChI is InChI=1S/C20H19F2N3O2/c1-11-15(3-2-4-16(11)21)20(19(26)25-27)8-7-12(9-20)14-6-5-13-10-23-24-18(13)17(14)22/h2-6,10,12,27H,7-9H2,1H3,(H,23,24)(H,25,26)/t12-,20-/m0/s1. The molecular weight excluding hydrogens is 352 g/mol. The first-order valence-corrected chi connectivity index (χ1v) is 8.79. The third kappa shape index (κ3) is 2.61. The second-order valence-corrected chi connectivity index (χ2v) is 7.18. The number of carbonyl (C=O) groups is 1. The lowest BCUT2D eigenvalue weighted by Gasteiger charge is -2.29. The summed E-state index contributed by atoms with van der Waals surface area (Å²) in [5.41, 5.74) is 2.34. The molecule has 4 rings (SSSR count). The second-order valence-electron chi connectivity index (χ2n) is 7.18. The largest absolute Gasteiger partial charge is 0.289 e. The van der Waals surface area contributed by atoms with Gasteiger partial charge in [-0.15, -0.1) is 0 Å². The van der Waals surface area contributed by atoms with Gasteiger partial charge in [-0.1, -0.05) is 24.3 Å². The van der Waals surface area contributed by atoms with Gasteiger partial charge >= 0.3 is 0 Å². The summed E-state index contributed by atoms with van der Waals surface area (Å²) < 4.78 is 29.1. The van der Waals surface area contributed by atoms with Gasteiger partial charge in [-0.05, 0) is 54.9 Å². The number of halogens is 2. The van der Waals surface area contributed by atoms with E-state index in [1.54, 1.807) is 42.9 Å². The average molecular weight is 371 g/mol. The van der Waals surface area contributed by atoms with E-state index in [0.717, 1.165) is 0 Å². The molecule has 1 heterocycles. The first kappa shape index (κ1) is 17.6. The highest BCUT2D eigenvalue weighted by atomic mass is 19.1. The van der Waals surface area contributed by atoms with Gasteiger partial charge in [0.05, 0.1) is 11.6 Å². The number of fused-ring (bicyclic) bond motifs is 1. The van der Waals surface area contributed by atoms with Crippen molar-refractivity contribution in [3.05, 3.63) is 64.9 Å². The number of aromatic amines is 1. The number of amides is 1. The number of hydroxylamine groups is 1. The minimum absolute atomic E-state index is 0.238. The van der Waals surface area contributed by atoms with Crippen LogP contribution in [-0.2, 0) is 10.2 Å². The predicted octanol–water partition coefficient (Wildman–Crippen LogP) is 3.86. The number of hydrogen-bond donors (Lipinski definition) is 3. The highest BCUT2D eigenvalue weighted by Gasteiger charge is 2.48. The summed E-state index contributed by atoms with van der Waals surface area (Å²) >= 11 is 0. The van der Waals surface area contributed by atoms with Gasteiger partial charge in [0.15, 0.2) is 5.82 Å². The molecule has 7 heteroatoms. The maximum absolute atomic E-state index is 15.0. The van der Waals surface area contributed by atoms with Gasteiger partial charge in [-0.25, -0.2) is 14.3 Å². The summed E-state index contributed by atoms with van der Waals surface area (Å²) in [6.45, 7) is 1.61. The van der Waals surface area contributed by atoms with Crippen molar-refractivity contribution in [3.63, 3.8) is 0 Å². The number of rotatable bonds is 3. The van der Waals surface area contributed by atoms with Crippen LogP contribution >= 0.6 is 0 Å². The molecule has 1 fully saturated rings. The fourth-order valence-electron chi connectivity index (χ4n) is 4.43. The van der Waals surface area contributed by atoms with E-state index in [-0.39, 0.29) is 18.2 Å². The van der Waals surface area contributed by atoms with Crippen LogP contribution in [0.1, 0.15) is 41.9 Å². The van der Waals surface area contributed by atoms with Crippen LogP contribution in [0.25, 0.3) is 10.9 Å². The molecule has 0 unspecified atom stereocenters. The molecule has 1 aromatic heterocycles. The van der Waals surface area contributed by atoms with E-state index in [1.807, 2.05) is 0 Å². The SMILES string of the molecule is Cc1c(F)cccc1[C@]1(C(=O)NO)CC[C@H](c2ccc3cn[nH]c3c2F)C1. The maximum atomic E-state index is 15.0. The lowest BCUT2D eigenvalue weighted by atomic mass is 9.75. The first-order chi connectivity index (χ1) is 13.0. The van der Waals surface area contributed by atoms with Gasteiger partial charge in [0.1, 0.15) is 11.3 Å². The van der Waals surface area contributed by atoms with Gasteiger partial charge in [0, 0.05) is 5.39 Å². The Balaban J connectivity index is 1.79. The molecule has 0 bridgehead atoms. The summed E-state index contributed by atoms with van der Waals surface area (Å²) in [7, 11) is 0. The van der Waals surface area contributed by atoms with E-state index in [4.69, 9.17) is 0 Å². The predicted molar refractivity (Wildman–Crippen MR) is 95.4 cm³/mol. The lowest BCUT2D eigenvalue weighted by Crippen LogP contribution is -2.42. The zero-order chi connectivity index (χ0) is 19.2. The Hall–Kier alpha value is -2.80. The Bertz CT molecular complexity index is 1030. The van der Waals surface area contributed by atoms with E-state index in [1.165, 1.54) is 6.07 Å². The van der Waals surface area contributed by atoms with Crippen LogP contribution in [0.2, 0.25) is 0 Å². The van der Waals surface area contributed by atoms with Crippen molar-refractivity contribution in [1.82, 2.24) is 15.7 Å². The molecule has 5 nitrogen and oxygen atoms in total. The van der Waals surface area contributed by atoms with E-state index in [9.17, 15) is 18.8 Å². The van der Waals surface area contributed by atoms with Crippen molar-refractivity contribution in [2.45, 2.75) is 37.5 Å². The zero-order valence-corrected chi connectivity index (χ0v) is 14.7. The van der Waals surface area contributed by atoms with Gasteiger partial charge in [0.2, 0.25) is 0 Å². The maximum Gasteiger partial charge on any atom is 0.254 e. The topological polar surface area (TPSA) is 78.0 Å². The van der Waals surface area contributed by atoms with Crippen molar-refractivity contribution in [2.24, 2.45) is 0 Å². The summed E-state index contributed by atoms with van der Waals surface area (Å²) in [5.74, 6) is -1.63. The molecule has 27 heavy (non-hydrogen) atoms. The Kier molecular flexibility index (Phi) is 4.19. The molecule has 3 N–H and O–H groups in total. The minimum atomic E-state index is -1.11. The number of carbonyl (C=O) groups excluding carboxylic acids is 1. The van der Waals surface area contributed by atoms with Crippen LogP contribution < -0.4 is 5.48 Å². The van der Waals surface area contributed by atoms with Crippen LogP contribution in [0, 0.1) is 18.6 Å². The number of hydrogen-bond acceptors (Lipinski definition) is 3. The molecule has 2 aromatic carbocycles. The molecule has 0 spiro atoms. The molecule has 0 radical (unpaired) electrons. The van der Waals surface area contributed by atoms with Crippen molar-refractivity contribution in [3.8, 4) is 0 Å². The fourth-order valence-corrected chi connectivity index (χ4v) is 4.43. The van der Waals surface area contributed by atoms with Gasteiger partial charge in [0.25, 0.3) is 5.91 Å². The van der Waals surface area contributed by atoms with Crippen LogP contribution in [0.3, 0.4) is 0 Å². The van der Waals surface area contributed by atoms with E-state index in [2.05, 4.69) is 10.2 Å². The number of aromatic nitrogens is 2. The van der Waals surface area contributed by atoms with Gasteiger partial charge in [-0.2, -0.15) is 5.10 Å². The quantitative estimate of drug-likeness (QED) is 0.483. The minimum Gasteiger partial charge on any atom is -0.289 e. The third-order valence-corrected chi connectivity index (χ3v) is 5.86. The molecule has 2 atom stereocenters. The van der Waals surface area contributed by atoms with E-state index >= 15 is 0 Å². The van der Waals surface area contributed by atoms with Crippen molar-refractivity contribution < 1.29 is 18.8 Å². The Morgan fingerprint density at radius 3 is 2.93 bits per heavy atom. The van der Waals surface area contributed by atoms with Crippen LogP contribution in [0.4, 0.5) is 8.78 Å². The molecule has 1 aliphatic carbocycles. The third-order valence-electron chi connectivity index (χ3n) is 5.86. The molecule has 3 aromatic rings. The molecule has 140 valence electrons. The molecular formula is C20H19F2N3O2. The normalized spacial score (nSPS) is 22.3. The molecule has 0 aliphatic heterocycles. The second kappa shape index (κ2) is 6.42. The molecule has 1 amide bonds. The van der Waals surface area contributed by atoms with Crippen LogP contribution in [0.5, 0.6) is 0 Å². The Labute approximate surface area is 154 Å². The Morgan fingerprint density at radius 2 is 2.15 bits per heavy atom. The number of H-pyrrole nitrogens is 1. The molecule has 0 saturated heterocycles. The molecule has 1 saturated carbocycles. The smallest absolute Gasteiger partial charge is 0.254 e. The summed E-state index contributed by atoms with van der Waals surface area (Å²) in [6, 6.07) is 8.08. The van der Waals surface area contributed by atoms with Crippen molar-refractivity contribution in [2.75, 3.05) is 0 Å². The first-order valence-electron chi connectivity index (χ1n) is 8.79. The van der Waals surface area contributed by atoms with Gasteiger partial charge in [-0.3, -0.25) is 15.1 Å². The van der Waals surface area contributed by atoms with E-state index in [0.29, 0.717) is 40.4 Å². The average Bonchev–Trinajstić information content (AvgIpc) is 3.32. The van der Waals surface area contributed by atoms with Crippen LogP contribution in [-0.4, -0.2) is 21.3 Å². The van der Waals surface area contributed by atoms with Crippen molar-refractivity contribution in [1.29, 1.82) is 0 Å². The lowest BCUT2D eigenvalue weighted by molar-refractivity contribution is -0.135. The van der Waals surface area contributed by atoms with Gasteiger partial charge < -0.3 is 0 Å². The van der Waals surface area contributed by atoms with E-state index < -0.39 is 17.1 Å².